The Balaban J connectivity index is 1.48. The van der Waals surface area contributed by atoms with Gasteiger partial charge in [0.15, 0.2) is 0 Å². The lowest BCUT2D eigenvalue weighted by molar-refractivity contribution is -0.117. The average Bonchev–Trinajstić information content (AvgIpc) is 3.42. The molecule has 3 atom stereocenters. The molecule has 5 rings (SSSR count). The fourth-order valence-corrected chi connectivity index (χ4v) is 6.65. The molecule has 3 aliphatic rings. The number of nitrogens with two attached hydrogens (primary N) is 1. The molecule has 1 aromatic carbocycles. The van der Waals surface area contributed by atoms with Gasteiger partial charge in [-0.2, -0.15) is 0 Å². The van der Waals surface area contributed by atoms with Crippen molar-refractivity contribution in [2.45, 2.75) is 37.9 Å². The summed E-state index contributed by atoms with van der Waals surface area (Å²) < 4.78 is 22.1. The van der Waals surface area contributed by atoms with E-state index in [2.05, 4.69) is 34.0 Å². The van der Waals surface area contributed by atoms with Gasteiger partial charge in [-0.3, -0.25) is 9.69 Å². The van der Waals surface area contributed by atoms with Crippen LogP contribution >= 0.6 is 23.2 Å². The number of aromatic nitrogens is 2. The van der Waals surface area contributed by atoms with Gasteiger partial charge in [-0.15, -0.1) is 0 Å². The second-order valence-electron chi connectivity index (χ2n) is 11.2. The molecule has 3 fully saturated rings. The first-order valence-corrected chi connectivity index (χ1v) is 15.0. The standard InChI is InChI=1S/C30H38Cl2N6O5/c1-5-24(39)35-20-13-43-14-21(20)36-29-34-12-18(10-19(33)25-26(31)22(40-3)11-23(41-4)27(25)32)28(37-29)17(2)38-15-30(16-38)6-8-42-9-7-30/h5,10-12,17,20-21H,1,6-9,13-16,33H2,2-4H3,(H,35,39)(H,34,36,37)/b19-10-/t17?,20-,21+/m0/s1. The summed E-state index contributed by atoms with van der Waals surface area (Å²) >= 11 is 13.3. The van der Waals surface area contributed by atoms with Gasteiger partial charge in [0.25, 0.3) is 0 Å². The lowest BCUT2D eigenvalue weighted by Gasteiger charge is -2.54. The minimum atomic E-state index is -0.264. The van der Waals surface area contributed by atoms with Crippen LogP contribution in [0.25, 0.3) is 11.8 Å². The fraction of sp³-hybridized carbons (Fsp3) is 0.500. The van der Waals surface area contributed by atoms with Crippen molar-refractivity contribution >= 4 is 46.8 Å². The molecule has 1 unspecified atom stereocenters. The fourth-order valence-electron chi connectivity index (χ4n) is 5.93. The molecule has 0 bridgehead atoms. The van der Waals surface area contributed by atoms with Gasteiger partial charge in [0.05, 0.1) is 61.3 Å². The van der Waals surface area contributed by atoms with Gasteiger partial charge in [-0.1, -0.05) is 29.8 Å². The summed E-state index contributed by atoms with van der Waals surface area (Å²) in [5.41, 5.74) is 9.14. The molecule has 0 radical (unpaired) electrons. The van der Waals surface area contributed by atoms with E-state index in [0.717, 1.165) is 50.4 Å². The number of rotatable bonds is 10. The molecule has 4 heterocycles. The van der Waals surface area contributed by atoms with Crippen LogP contribution in [0.5, 0.6) is 11.5 Å². The Morgan fingerprint density at radius 3 is 2.44 bits per heavy atom. The number of ether oxygens (including phenoxy) is 4. The summed E-state index contributed by atoms with van der Waals surface area (Å²) in [4.78, 5) is 23.9. The Labute approximate surface area is 261 Å². The molecular weight excluding hydrogens is 595 g/mol. The van der Waals surface area contributed by atoms with Gasteiger partial charge in [0.2, 0.25) is 11.9 Å². The van der Waals surface area contributed by atoms with E-state index in [1.807, 2.05) is 0 Å². The smallest absolute Gasteiger partial charge is 0.243 e. The molecule has 0 aliphatic carbocycles. The SMILES string of the molecule is C=CC(=O)N[C@H]1COC[C@H]1Nc1ncc(/C=C(\N)c2c(Cl)c(OC)cc(OC)c2Cl)c(C(C)N2CC3(CCOCC3)C2)n1. The van der Waals surface area contributed by atoms with E-state index in [1.54, 1.807) is 18.3 Å². The second-order valence-corrected chi connectivity index (χ2v) is 12.0. The van der Waals surface area contributed by atoms with Crippen LogP contribution in [-0.2, 0) is 14.3 Å². The van der Waals surface area contributed by atoms with E-state index in [9.17, 15) is 4.79 Å². The van der Waals surface area contributed by atoms with Crippen molar-refractivity contribution in [3.63, 3.8) is 0 Å². The molecule has 11 nitrogen and oxygen atoms in total. The summed E-state index contributed by atoms with van der Waals surface area (Å²) in [6.07, 6.45) is 6.86. The number of likely N-dealkylation sites (tertiary alicyclic amines) is 1. The molecule has 2 aromatic rings. The zero-order valence-electron chi connectivity index (χ0n) is 24.6. The highest BCUT2D eigenvalue weighted by atomic mass is 35.5. The zero-order chi connectivity index (χ0) is 30.7. The average molecular weight is 634 g/mol. The van der Waals surface area contributed by atoms with Crippen LogP contribution in [0.3, 0.4) is 0 Å². The van der Waals surface area contributed by atoms with E-state index >= 15 is 0 Å². The maximum atomic E-state index is 11.9. The van der Waals surface area contributed by atoms with Crippen LogP contribution in [0.2, 0.25) is 10.0 Å². The predicted octanol–water partition coefficient (Wildman–Crippen LogP) is 3.91. The summed E-state index contributed by atoms with van der Waals surface area (Å²) in [6, 6.07) is 1.11. The minimum absolute atomic E-state index is 0.0436. The van der Waals surface area contributed by atoms with Crippen molar-refractivity contribution in [3.05, 3.63) is 51.8 Å². The lowest BCUT2D eigenvalue weighted by atomic mass is 9.72. The first-order valence-electron chi connectivity index (χ1n) is 14.2. The van der Waals surface area contributed by atoms with Crippen molar-refractivity contribution in [2.75, 3.05) is 59.1 Å². The summed E-state index contributed by atoms with van der Waals surface area (Å²) in [6.45, 7) is 9.96. The molecule has 3 saturated heterocycles. The topological polar surface area (TPSA) is 133 Å². The highest BCUT2D eigenvalue weighted by Gasteiger charge is 2.46. The van der Waals surface area contributed by atoms with Crippen LogP contribution in [0.4, 0.5) is 5.95 Å². The van der Waals surface area contributed by atoms with Crippen molar-refractivity contribution in [2.24, 2.45) is 11.1 Å². The number of hydrogen-bond donors (Lipinski definition) is 3. The number of nitrogens with one attached hydrogen (secondary N) is 2. The van der Waals surface area contributed by atoms with Crippen molar-refractivity contribution in [1.29, 1.82) is 0 Å². The monoisotopic (exact) mass is 632 g/mol. The predicted molar refractivity (Wildman–Crippen MR) is 166 cm³/mol. The van der Waals surface area contributed by atoms with Crippen LogP contribution < -0.4 is 25.8 Å². The second kappa shape index (κ2) is 13.3. The van der Waals surface area contributed by atoms with Crippen molar-refractivity contribution in [1.82, 2.24) is 20.2 Å². The van der Waals surface area contributed by atoms with Gasteiger partial charge in [0.1, 0.15) is 11.5 Å². The van der Waals surface area contributed by atoms with E-state index in [-0.39, 0.29) is 39.5 Å². The highest BCUT2D eigenvalue weighted by molar-refractivity contribution is 6.39. The maximum Gasteiger partial charge on any atom is 0.243 e. The summed E-state index contributed by atoms with van der Waals surface area (Å²) in [5, 5.41) is 6.79. The third-order valence-corrected chi connectivity index (χ3v) is 9.25. The number of benzene rings is 1. The first-order chi connectivity index (χ1) is 20.7. The van der Waals surface area contributed by atoms with Gasteiger partial charge in [0, 0.05) is 60.8 Å². The molecule has 232 valence electrons. The molecular formula is C30H38Cl2N6O5. The quantitative estimate of drug-likeness (QED) is 0.331. The number of carbonyl (C=O) groups is 1. The van der Waals surface area contributed by atoms with Crippen LogP contribution in [0.1, 0.15) is 42.6 Å². The summed E-state index contributed by atoms with van der Waals surface area (Å²) in [5.74, 6) is 0.932. The number of halogens is 2. The van der Waals surface area contributed by atoms with E-state index in [0.29, 0.717) is 41.9 Å². The Kier molecular flexibility index (Phi) is 9.67. The molecule has 4 N–H and O–H groups in total. The maximum absolute atomic E-state index is 11.9. The largest absolute Gasteiger partial charge is 0.495 e. The van der Waals surface area contributed by atoms with E-state index in [1.165, 1.54) is 20.3 Å². The number of carbonyl (C=O) groups excluding carboxylic acids is 1. The number of anilines is 1. The molecule has 3 aliphatic heterocycles. The van der Waals surface area contributed by atoms with E-state index < -0.39 is 0 Å². The van der Waals surface area contributed by atoms with Gasteiger partial charge >= 0.3 is 0 Å². The zero-order valence-corrected chi connectivity index (χ0v) is 26.1. The number of amides is 1. The van der Waals surface area contributed by atoms with E-state index in [4.69, 9.17) is 52.9 Å². The number of nitrogens with zero attached hydrogens (tertiary/aromatic N) is 3. The highest BCUT2D eigenvalue weighted by Crippen LogP contribution is 2.45. The van der Waals surface area contributed by atoms with Crippen LogP contribution in [0, 0.1) is 5.41 Å². The first kappa shape index (κ1) is 31.3. The Hall–Kier alpha value is -3.09. The molecule has 13 heteroatoms. The van der Waals surface area contributed by atoms with Gasteiger partial charge in [-0.05, 0) is 31.9 Å². The number of methoxy groups -OCH3 is 2. The molecule has 1 amide bonds. The van der Waals surface area contributed by atoms with Crippen molar-refractivity contribution < 1.29 is 23.7 Å². The van der Waals surface area contributed by atoms with Crippen LogP contribution in [0.15, 0.2) is 24.9 Å². The summed E-state index contributed by atoms with van der Waals surface area (Å²) in [7, 11) is 3.03. The molecule has 1 spiro atoms. The molecule has 1 aromatic heterocycles. The molecule has 43 heavy (non-hydrogen) atoms. The third-order valence-electron chi connectivity index (χ3n) is 8.50. The number of hydrogen-bond acceptors (Lipinski definition) is 10. The normalized spacial score (nSPS) is 22.5. The Bertz CT molecular complexity index is 1360. The molecule has 0 saturated carbocycles. The van der Waals surface area contributed by atoms with Gasteiger partial charge < -0.3 is 35.3 Å². The minimum Gasteiger partial charge on any atom is -0.495 e. The van der Waals surface area contributed by atoms with Gasteiger partial charge in [-0.25, -0.2) is 9.97 Å². The van der Waals surface area contributed by atoms with Crippen molar-refractivity contribution in [3.8, 4) is 11.5 Å². The third kappa shape index (κ3) is 6.56. The van der Waals surface area contributed by atoms with Crippen LogP contribution in [-0.4, -0.2) is 86.6 Å². The lowest BCUT2D eigenvalue weighted by Crippen LogP contribution is -2.58. The Morgan fingerprint density at radius 1 is 1.16 bits per heavy atom. The Morgan fingerprint density at radius 2 is 1.81 bits per heavy atom.